The number of hydrogen-bond donors (Lipinski definition) is 2. The maximum absolute atomic E-state index is 10.7. The summed E-state index contributed by atoms with van der Waals surface area (Å²) in [6, 6.07) is 28.5. The van der Waals surface area contributed by atoms with Crippen LogP contribution in [0.2, 0.25) is 0 Å². The molecule has 3 atom stereocenters. The molecule has 0 saturated heterocycles. The average Bonchev–Trinajstić information content (AvgIpc) is 3.30. The van der Waals surface area contributed by atoms with Gasteiger partial charge in [-0.05, 0) is 36.4 Å². The summed E-state index contributed by atoms with van der Waals surface area (Å²) in [4.78, 5) is 0. The molecule has 4 rings (SSSR count). The highest BCUT2D eigenvalue weighted by atomic mass is 16.5. The van der Waals surface area contributed by atoms with E-state index in [1.165, 1.54) is 0 Å². The lowest BCUT2D eigenvalue weighted by Crippen LogP contribution is -2.46. The first kappa shape index (κ1) is 30.1. The fourth-order valence-electron chi connectivity index (χ4n) is 4.59. The normalized spacial score (nSPS) is 13.4. The van der Waals surface area contributed by atoms with E-state index in [1.807, 2.05) is 97.9 Å². The van der Waals surface area contributed by atoms with Crippen molar-refractivity contribution in [3.05, 3.63) is 109 Å². The van der Waals surface area contributed by atoms with E-state index in [4.69, 9.17) is 18.9 Å². The molecule has 3 unspecified atom stereocenters. The number of aromatic nitrogens is 2. The highest BCUT2D eigenvalue weighted by molar-refractivity contribution is 5.22. The molecule has 0 bridgehead atoms. The lowest BCUT2D eigenvalue weighted by atomic mass is 10.3. The van der Waals surface area contributed by atoms with Gasteiger partial charge < -0.3 is 29.2 Å². The zero-order valence-electron chi connectivity index (χ0n) is 23.8. The van der Waals surface area contributed by atoms with E-state index in [9.17, 15) is 10.2 Å². The zero-order chi connectivity index (χ0) is 28.9. The Morgan fingerprint density at radius 2 is 1.17 bits per heavy atom. The Bertz CT molecular complexity index is 1280. The quantitative estimate of drug-likeness (QED) is 0.190. The number of para-hydroxylation sites is 3. The van der Waals surface area contributed by atoms with Crippen molar-refractivity contribution in [2.75, 3.05) is 26.4 Å². The van der Waals surface area contributed by atoms with Crippen molar-refractivity contribution in [3.8, 4) is 17.2 Å². The van der Waals surface area contributed by atoms with Gasteiger partial charge in [-0.2, -0.15) is 0 Å². The Labute approximate surface area is 242 Å². The largest absolute Gasteiger partial charge is 0.491 e. The fraction of sp³-hybridized carbons (Fsp3) is 0.364. The fourth-order valence-corrected chi connectivity index (χ4v) is 4.59. The predicted molar refractivity (Wildman–Crippen MR) is 156 cm³/mol. The summed E-state index contributed by atoms with van der Waals surface area (Å²) in [5, 5.41) is 21.3. The zero-order valence-corrected chi connectivity index (χ0v) is 23.8. The molecule has 0 saturated carbocycles. The van der Waals surface area contributed by atoms with Gasteiger partial charge in [0.05, 0.1) is 6.61 Å². The molecule has 0 radical (unpaired) electrons. The minimum atomic E-state index is -0.795. The molecular formula is C33H41N2O6+. The number of aliphatic hydroxyl groups is 2. The number of aliphatic hydroxyl groups excluding tert-OH is 2. The van der Waals surface area contributed by atoms with Crippen molar-refractivity contribution in [3.63, 3.8) is 0 Å². The van der Waals surface area contributed by atoms with Gasteiger partial charge in [0.1, 0.15) is 80.4 Å². The van der Waals surface area contributed by atoms with Crippen LogP contribution in [0.5, 0.6) is 17.2 Å². The number of imidazole rings is 1. The van der Waals surface area contributed by atoms with Gasteiger partial charge in [-0.1, -0.05) is 61.5 Å². The van der Waals surface area contributed by atoms with Gasteiger partial charge in [-0.3, -0.25) is 0 Å². The molecule has 0 aliphatic carbocycles. The molecule has 218 valence electrons. The second kappa shape index (κ2) is 15.8. The molecule has 41 heavy (non-hydrogen) atoms. The summed E-state index contributed by atoms with van der Waals surface area (Å²) in [5.74, 6) is 3.25. The molecule has 3 aromatic carbocycles. The maximum atomic E-state index is 10.7. The van der Waals surface area contributed by atoms with Crippen molar-refractivity contribution in [2.45, 2.75) is 51.7 Å². The summed E-state index contributed by atoms with van der Waals surface area (Å²) >= 11 is 0. The number of benzene rings is 3. The summed E-state index contributed by atoms with van der Waals surface area (Å²) in [6.45, 7) is 5.80. The number of nitrogens with zero attached hydrogens (tertiary/aromatic N) is 2. The van der Waals surface area contributed by atoms with E-state index in [2.05, 4.69) is 22.3 Å². The van der Waals surface area contributed by atoms with Crippen LogP contribution in [0.1, 0.15) is 18.4 Å². The van der Waals surface area contributed by atoms with E-state index < -0.39 is 12.2 Å². The van der Waals surface area contributed by atoms with E-state index in [0.29, 0.717) is 25.4 Å². The van der Waals surface area contributed by atoms with Crippen molar-refractivity contribution in [1.29, 1.82) is 0 Å². The Morgan fingerprint density at radius 1 is 0.683 bits per heavy atom. The topological polar surface area (TPSA) is 86.2 Å². The van der Waals surface area contributed by atoms with Crippen LogP contribution in [0.3, 0.4) is 0 Å². The highest BCUT2D eigenvalue weighted by Crippen LogP contribution is 2.13. The molecular weight excluding hydrogens is 520 g/mol. The Kier molecular flexibility index (Phi) is 11.6. The third-order valence-corrected chi connectivity index (χ3v) is 6.60. The van der Waals surface area contributed by atoms with Crippen molar-refractivity contribution in [1.82, 2.24) is 4.57 Å². The van der Waals surface area contributed by atoms with Gasteiger partial charge in [0.15, 0.2) is 0 Å². The Balaban J connectivity index is 1.39. The van der Waals surface area contributed by atoms with Crippen LogP contribution in [0.4, 0.5) is 0 Å². The molecule has 0 fully saturated rings. The molecule has 8 nitrogen and oxygen atoms in total. The van der Waals surface area contributed by atoms with Gasteiger partial charge in [0.2, 0.25) is 0 Å². The highest BCUT2D eigenvalue weighted by Gasteiger charge is 2.26. The van der Waals surface area contributed by atoms with Crippen LogP contribution in [0, 0.1) is 6.92 Å². The number of aryl methyl sites for hydroxylation is 1. The van der Waals surface area contributed by atoms with Crippen LogP contribution in [-0.2, 0) is 24.2 Å². The van der Waals surface area contributed by atoms with Gasteiger partial charge in [-0.15, -0.1) is 0 Å². The molecule has 0 amide bonds. The molecule has 0 aliphatic rings. The number of ether oxygens (including phenoxy) is 4. The first-order valence-corrected chi connectivity index (χ1v) is 14.1. The van der Waals surface area contributed by atoms with Crippen molar-refractivity contribution in [2.24, 2.45) is 0 Å². The van der Waals surface area contributed by atoms with Crippen molar-refractivity contribution >= 4 is 0 Å². The lowest BCUT2D eigenvalue weighted by molar-refractivity contribution is -0.710. The molecule has 0 aliphatic heterocycles. The van der Waals surface area contributed by atoms with E-state index in [-0.39, 0.29) is 25.9 Å². The molecule has 8 heteroatoms. The van der Waals surface area contributed by atoms with Crippen LogP contribution < -0.4 is 18.8 Å². The first-order valence-electron chi connectivity index (χ1n) is 14.1. The van der Waals surface area contributed by atoms with E-state index >= 15 is 0 Å². The third kappa shape index (κ3) is 9.63. The van der Waals surface area contributed by atoms with Gasteiger partial charge in [0, 0.05) is 13.3 Å². The predicted octanol–water partition coefficient (Wildman–Crippen LogP) is 3.99. The van der Waals surface area contributed by atoms with Crippen molar-refractivity contribution < 1.29 is 33.7 Å². The Morgan fingerprint density at radius 3 is 1.68 bits per heavy atom. The minimum absolute atomic E-state index is 0.104. The van der Waals surface area contributed by atoms with Gasteiger partial charge in [-0.25, -0.2) is 9.13 Å². The molecule has 0 spiro atoms. The van der Waals surface area contributed by atoms with Gasteiger partial charge >= 0.3 is 0 Å². The smallest absolute Gasteiger partial charge is 0.256 e. The standard InChI is InChI=1S/C33H41N2O6/c1-3-33-34(19-26(2)35(33)20-27(36)22-38-29-13-7-4-8-14-29)21-32(25-41-31-17-11-6-12-18-31)40-24-28(37)23-39-30-15-9-5-10-16-30/h4-19,27-28,32,36-37H,3,20-25H2,1-2H3/q+1. The molecule has 4 aromatic rings. The van der Waals surface area contributed by atoms with Crippen LogP contribution in [-0.4, -0.2) is 59.5 Å². The van der Waals surface area contributed by atoms with E-state index in [1.54, 1.807) is 0 Å². The van der Waals surface area contributed by atoms with Crippen LogP contribution in [0.25, 0.3) is 0 Å². The maximum Gasteiger partial charge on any atom is 0.256 e. The Hall–Kier alpha value is -3.85. The molecule has 1 aromatic heterocycles. The summed E-state index contributed by atoms with van der Waals surface area (Å²) in [7, 11) is 0. The summed E-state index contributed by atoms with van der Waals surface area (Å²) < 4.78 is 27.9. The first-order chi connectivity index (χ1) is 20.0. The third-order valence-electron chi connectivity index (χ3n) is 6.60. The lowest BCUT2D eigenvalue weighted by Gasteiger charge is -2.20. The molecule has 1 heterocycles. The minimum Gasteiger partial charge on any atom is -0.491 e. The monoisotopic (exact) mass is 561 g/mol. The summed E-state index contributed by atoms with van der Waals surface area (Å²) in [6.07, 6.45) is 1.03. The SMILES string of the molecule is CCc1n(CC(O)COc2ccccc2)c(C)c[n+]1CC(COc1ccccc1)OCC(O)COc1ccccc1. The summed E-state index contributed by atoms with van der Waals surface area (Å²) in [5.41, 5.74) is 1.03. The number of rotatable bonds is 17. The molecule has 2 N–H and O–H groups in total. The average molecular weight is 562 g/mol. The van der Waals surface area contributed by atoms with E-state index in [0.717, 1.165) is 29.4 Å². The number of hydrogen-bond acceptors (Lipinski definition) is 6. The second-order valence-corrected chi connectivity index (χ2v) is 9.94. The second-order valence-electron chi connectivity index (χ2n) is 9.94. The van der Waals surface area contributed by atoms with Crippen LogP contribution in [0.15, 0.2) is 97.2 Å². The van der Waals surface area contributed by atoms with Gasteiger partial charge in [0.25, 0.3) is 5.82 Å². The van der Waals surface area contributed by atoms with Crippen LogP contribution >= 0.6 is 0 Å².